The number of hydrogen-bond acceptors (Lipinski definition) is 6. The zero-order chi connectivity index (χ0) is 13.7. The van der Waals surface area contributed by atoms with Gasteiger partial charge in [-0.05, 0) is 31.5 Å². The fourth-order valence-electron chi connectivity index (χ4n) is 2.37. The summed E-state index contributed by atoms with van der Waals surface area (Å²) in [6.45, 7) is 1.86. The predicted octanol–water partition coefficient (Wildman–Crippen LogP) is 1.40. The molecule has 102 valence electrons. The van der Waals surface area contributed by atoms with Crippen LogP contribution in [-0.4, -0.2) is 30.4 Å². The molecule has 2 heterocycles. The standard InChI is InChI=1S/C12H15N3O3S/c1-12(4-5-19(16,17)7-12)15-11-14-9-6-8(13)2-3-10(9)18-11/h2-3,6H,4-5,7,13H2,1H3,(H,14,15). The molecule has 19 heavy (non-hydrogen) atoms. The van der Waals surface area contributed by atoms with Gasteiger partial charge in [-0.15, -0.1) is 0 Å². The Balaban J connectivity index is 1.90. The Bertz CT molecular complexity index is 738. The number of nitrogen functional groups attached to an aromatic ring is 1. The van der Waals surface area contributed by atoms with Crippen molar-refractivity contribution < 1.29 is 12.8 Å². The number of aromatic nitrogens is 1. The van der Waals surface area contributed by atoms with E-state index in [1.165, 1.54) is 0 Å². The molecule has 7 heteroatoms. The van der Waals surface area contributed by atoms with Gasteiger partial charge >= 0.3 is 0 Å². The lowest BCUT2D eigenvalue weighted by Gasteiger charge is -2.22. The summed E-state index contributed by atoms with van der Waals surface area (Å²) in [5.41, 5.74) is 7.05. The summed E-state index contributed by atoms with van der Waals surface area (Å²) in [4.78, 5) is 4.28. The second-order valence-corrected chi connectivity index (χ2v) is 7.46. The van der Waals surface area contributed by atoms with Gasteiger partial charge < -0.3 is 15.5 Å². The normalized spacial score (nSPS) is 25.7. The van der Waals surface area contributed by atoms with Crippen LogP contribution >= 0.6 is 0 Å². The van der Waals surface area contributed by atoms with Crippen LogP contribution in [0, 0.1) is 0 Å². The average Bonchev–Trinajstić information content (AvgIpc) is 2.78. The monoisotopic (exact) mass is 281 g/mol. The Labute approximate surface area is 110 Å². The molecule has 1 aliphatic heterocycles. The number of nitrogens with zero attached hydrogens (tertiary/aromatic N) is 1. The highest BCUT2D eigenvalue weighted by Crippen LogP contribution is 2.29. The summed E-state index contributed by atoms with van der Waals surface area (Å²) in [7, 11) is -2.96. The van der Waals surface area contributed by atoms with Crippen molar-refractivity contribution in [2.45, 2.75) is 18.9 Å². The van der Waals surface area contributed by atoms with Gasteiger partial charge in [0, 0.05) is 5.69 Å². The smallest absolute Gasteiger partial charge is 0.296 e. The number of nitrogens with two attached hydrogens (primary N) is 1. The minimum absolute atomic E-state index is 0.0981. The zero-order valence-electron chi connectivity index (χ0n) is 10.5. The fourth-order valence-corrected chi connectivity index (χ4v) is 4.46. The molecule has 1 atom stereocenters. The van der Waals surface area contributed by atoms with Gasteiger partial charge in [-0.2, -0.15) is 4.98 Å². The van der Waals surface area contributed by atoms with E-state index in [2.05, 4.69) is 10.3 Å². The van der Waals surface area contributed by atoms with E-state index in [0.29, 0.717) is 29.2 Å². The van der Waals surface area contributed by atoms with Gasteiger partial charge in [-0.25, -0.2) is 8.42 Å². The molecular weight excluding hydrogens is 266 g/mol. The van der Waals surface area contributed by atoms with Crippen LogP contribution < -0.4 is 11.1 Å². The number of rotatable bonds is 2. The lowest BCUT2D eigenvalue weighted by Crippen LogP contribution is -2.35. The Morgan fingerprint density at radius 1 is 1.47 bits per heavy atom. The molecular formula is C12H15N3O3S. The van der Waals surface area contributed by atoms with Crippen LogP contribution in [0.2, 0.25) is 0 Å². The first-order chi connectivity index (χ1) is 8.85. The maximum Gasteiger partial charge on any atom is 0.296 e. The van der Waals surface area contributed by atoms with Crippen LogP contribution in [0.1, 0.15) is 13.3 Å². The van der Waals surface area contributed by atoms with Gasteiger partial charge in [0.1, 0.15) is 5.52 Å². The van der Waals surface area contributed by atoms with Gasteiger partial charge in [0.25, 0.3) is 6.01 Å². The van der Waals surface area contributed by atoms with E-state index in [4.69, 9.17) is 10.2 Å². The number of sulfone groups is 1. The molecule has 3 rings (SSSR count). The highest BCUT2D eigenvalue weighted by molar-refractivity contribution is 7.91. The first-order valence-electron chi connectivity index (χ1n) is 6.00. The molecule has 6 nitrogen and oxygen atoms in total. The molecule has 1 saturated heterocycles. The van der Waals surface area contributed by atoms with Crippen LogP contribution in [0.4, 0.5) is 11.7 Å². The van der Waals surface area contributed by atoms with E-state index < -0.39 is 15.4 Å². The van der Waals surface area contributed by atoms with Crippen molar-refractivity contribution in [2.24, 2.45) is 0 Å². The second kappa shape index (κ2) is 3.86. The average molecular weight is 281 g/mol. The molecule has 0 radical (unpaired) electrons. The number of fused-ring (bicyclic) bond motifs is 1. The first-order valence-corrected chi connectivity index (χ1v) is 7.82. The summed E-state index contributed by atoms with van der Waals surface area (Å²) in [5, 5.41) is 3.08. The second-order valence-electron chi connectivity index (χ2n) is 5.27. The maximum absolute atomic E-state index is 11.5. The van der Waals surface area contributed by atoms with E-state index >= 15 is 0 Å². The molecule has 1 aliphatic rings. The molecule has 0 bridgehead atoms. The number of hydrogen-bond donors (Lipinski definition) is 2. The van der Waals surface area contributed by atoms with Crippen molar-refractivity contribution >= 4 is 32.6 Å². The van der Waals surface area contributed by atoms with Gasteiger partial charge in [-0.3, -0.25) is 0 Å². The summed E-state index contributed by atoms with van der Waals surface area (Å²) < 4.78 is 28.6. The van der Waals surface area contributed by atoms with Crippen LogP contribution in [0.15, 0.2) is 22.6 Å². The van der Waals surface area contributed by atoms with E-state index in [1.807, 2.05) is 6.92 Å². The fraction of sp³-hybridized carbons (Fsp3) is 0.417. The van der Waals surface area contributed by atoms with E-state index in [0.717, 1.165) is 0 Å². The molecule has 2 aromatic rings. The molecule has 0 spiro atoms. The highest BCUT2D eigenvalue weighted by Gasteiger charge is 2.39. The third kappa shape index (κ3) is 2.37. The summed E-state index contributed by atoms with van der Waals surface area (Å²) >= 11 is 0. The van der Waals surface area contributed by atoms with Crippen LogP contribution in [0.25, 0.3) is 11.1 Å². The van der Waals surface area contributed by atoms with Crippen molar-refractivity contribution in [2.75, 3.05) is 22.6 Å². The number of anilines is 2. The summed E-state index contributed by atoms with van der Waals surface area (Å²) in [5.74, 6) is 0.296. The first kappa shape index (κ1) is 12.3. The minimum Gasteiger partial charge on any atom is -0.424 e. The third-order valence-electron chi connectivity index (χ3n) is 3.32. The van der Waals surface area contributed by atoms with Crippen LogP contribution in [-0.2, 0) is 9.84 Å². The van der Waals surface area contributed by atoms with Gasteiger partial charge in [0.2, 0.25) is 0 Å². The van der Waals surface area contributed by atoms with Crippen molar-refractivity contribution in [1.29, 1.82) is 0 Å². The highest BCUT2D eigenvalue weighted by atomic mass is 32.2. The molecule has 0 amide bonds. The predicted molar refractivity (Wildman–Crippen MR) is 73.7 cm³/mol. The van der Waals surface area contributed by atoms with Crippen molar-refractivity contribution in [3.05, 3.63) is 18.2 Å². The van der Waals surface area contributed by atoms with Crippen LogP contribution in [0.5, 0.6) is 0 Å². The van der Waals surface area contributed by atoms with E-state index in [9.17, 15) is 8.42 Å². The van der Waals surface area contributed by atoms with Crippen molar-refractivity contribution in [1.82, 2.24) is 4.98 Å². The Morgan fingerprint density at radius 3 is 2.95 bits per heavy atom. The lowest BCUT2D eigenvalue weighted by atomic mass is 10.0. The SMILES string of the molecule is CC1(Nc2nc3cc(N)ccc3o2)CCS(=O)(=O)C1. The van der Waals surface area contributed by atoms with Gasteiger partial charge in [0.15, 0.2) is 15.4 Å². The number of benzene rings is 1. The molecule has 1 aromatic carbocycles. The number of nitrogens with one attached hydrogen (secondary N) is 1. The Morgan fingerprint density at radius 2 is 2.26 bits per heavy atom. The number of oxazole rings is 1. The van der Waals surface area contributed by atoms with Gasteiger partial charge in [-0.1, -0.05) is 0 Å². The zero-order valence-corrected chi connectivity index (χ0v) is 11.3. The summed E-state index contributed by atoms with van der Waals surface area (Å²) in [6.07, 6.45) is 0.552. The lowest BCUT2D eigenvalue weighted by molar-refractivity contribution is 0.528. The largest absolute Gasteiger partial charge is 0.424 e. The topological polar surface area (TPSA) is 98.2 Å². The van der Waals surface area contributed by atoms with Crippen LogP contribution in [0.3, 0.4) is 0 Å². The Kier molecular flexibility index (Phi) is 2.50. The van der Waals surface area contributed by atoms with Crippen molar-refractivity contribution in [3.63, 3.8) is 0 Å². The van der Waals surface area contributed by atoms with E-state index in [-0.39, 0.29) is 11.5 Å². The Hall–Kier alpha value is -1.76. The third-order valence-corrected chi connectivity index (χ3v) is 5.23. The molecule has 1 aromatic heterocycles. The maximum atomic E-state index is 11.5. The summed E-state index contributed by atoms with van der Waals surface area (Å²) in [6, 6.07) is 5.54. The molecule has 3 N–H and O–H groups in total. The van der Waals surface area contributed by atoms with Gasteiger partial charge in [0.05, 0.1) is 17.0 Å². The van der Waals surface area contributed by atoms with E-state index in [1.54, 1.807) is 18.2 Å². The minimum atomic E-state index is -2.96. The molecule has 0 aliphatic carbocycles. The molecule has 1 unspecified atom stereocenters. The molecule has 0 saturated carbocycles. The molecule has 1 fully saturated rings. The quantitative estimate of drug-likeness (QED) is 0.807. The van der Waals surface area contributed by atoms with Crippen molar-refractivity contribution in [3.8, 4) is 0 Å².